The molecule has 0 fully saturated rings. The minimum atomic E-state index is -8.04. The van der Waals surface area contributed by atoms with Crippen LogP contribution in [0, 0.1) is 0 Å². The van der Waals surface area contributed by atoms with E-state index in [1.807, 2.05) is 0 Å². The van der Waals surface area contributed by atoms with Crippen LogP contribution in [0.1, 0.15) is 13.3 Å². The molecule has 33 heavy (non-hydrogen) atoms. The Balaban J connectivity index is 6.67. The molecule has 0 radical (unpaired) electrons. The van der Waals surface area contributed by atoms with Crippen LogP contribution in [0.15, 0.2) is 0 Å². The van der Waals surface area contributed by atoms with Gasteiger partial charge < -0.3 is 4.74 Å². The molecule has 0 aromatic carbocycles. The lowest BCUT2D eigenvalue weighted by atomic mass is 10.2. The van der Waals surface area contributed by atoms with Crippen LogP contribution < -0.4 is 0 Å². The van der Waals surface area contributed by atoms with E-state index in [1.165, 1.54) is 4.74 Å². The highest BCUT2D eigenvalue weighted by molar-refractivity contribution is 5.78. The molecule has 0 aliphatic carbocycles. The van der Waals surface area contributed by atoms with Crippen molar-refractivity contribution in [3.63, 3.8) is 0 Å². The maximum atomic E-state index is 13.9. The molecule has 4 nitrogen and oxygen atoms in total. The van der Waals surface area contributed by atoms with Crippen molar-refractivity contribution in [3.05, 3.63) is 0 Å². The average molecular weight is 538 g/mol. The molecule has 0 N–H and O–H groups in total. The van der Waals surface area contributed by atoms with Crippen molar-refractivity contribution in [1.82, 2.24) is 0 Å². The number of halogens is 17. The summed E-state index contributed by atoms with van der Waals surface area (Å²) in [6.45, 7) is -0.273. The zero-order valence-corrected chi connectivity index (χ0v) is 15.0. The largest absolute Gasteiger partial charge is 0.462 e. The number of ether oxygens (including phenoxy) is 3. The lowest BCUT2D eigenvalue weighted by Crippen LogP contribution is -2.68. The molecular weight excluding hydrogens is 531 g/mol. The van der Waals surface area contributed by atoms with Crippen molar-refractivity contribution in [2.45, 2.75) is 61.7 Å². The molecule has 21 heteroatoms. The van der Waals surface area contributed by atoms with Gasteiger partial charge in [0.15, 0.2) is 0 Å². The van der Waals surface area contributed by atoms with Gasteiger partial charge in [-0.2, -0.15) is 74.6 Å². The Morgan fingerprint density at radius 1 is 0.606 bits per heavy atom. The summed E-state index contributed by atoms with van der Waals surface area (Å²) in [5.41, 5.74) is 0. The van der Waals surface area contributed by atoms with Crippen molar-refractivity contribution in [3.8, 4) is 0 Å². The molecule has 0 rings (SSSR count). The lowest BCUT2D eigenvalue weighted by molar-refractivity contribution is -0.548. The Morgan fingerprint density at radius 3 is 1.33 bits per heavy atom. The van der Waals surface area contributed by atoms with Gasteiger partial charge in [0.25, 0.3) is 0 Å². The molecule has 198 valence electrons. The van der Waals surface area contributed by atoms with Crippen LogP contribution >= 0.6 is 0 Å². The molecule has 0 saturated carbocycles. The maximum Gasteiger partial charge on any atom is 0.462 e. The number of hydrogen-bond donors (Lipinski definition) is 0. The van der Waals surface area contributed by atoms with Gasteiger partial charge in [0, 0.05) is 0 Å². The Hall–Kier alpha value is -1.80. The molecule has 0 aliphatic rings. The number of alkyl halides is 17. The fourth-order valence-corrected chi connectivity index (χ4v) is 1.43. The Kier molecular flexibility index (Phi) is 8.29. The van der Waals surface area contributed by atoms with E-state index >= 15 is 0 Å². The summed E-state index contributed by atoms with van der Waals surface area (Å²) in [4.78, 5) is 11.1. The number of carbonyl (C=O) groups is 1. The van der Waals surface area contributed by atoms with Gasteiger partial charge in [-0.25, -0.2) is 4.79 Å². The molecule has 0 saturated heterocycles. The summed E-state index contributed by atoms with van der Waals surface area (Å²) in [6, 6.07) is 0. The standard InChI is InChI=1S/C12H7F17O4/c1-2-3-31-4(30)5(13,8(17,18)19)32-12(28,29)7(16,10(23,24)25)33-11(26,27)6(14,15)9(20,21)22/h2-3H2,1H3/t5-,7+/m1/s1. The van der Waals surface area contributed by atoms with Crippen LogP contribution in [0.5, 0.6) is 0 Å². The van der Waals surface area contributed by atoms with Gasteiger partial charge in [-0.15, -0.1) is 0 Å². The summed E-state index contributed by atoms with van der Waals surface area (Å²) in [7, 11) is 0. The quantitative estimate of drug-likeness (QED) is 0.275. The van der Waals surface area contributed by atoms with Crippen LogP contribution in [0.3, 0.4) is 0 Å². The zero-order valence-electron chi connectivity index (χ0n) is 15.0. The smallest absolute Gasteiger partial charge is 0.461 e. The molecular formula is C12H7F17O4. The number of carbonyl (C=O) groups excluding carboxylic acids is 1. The van der Waals surface area contributed by atoms with Crippen molar-refractivity contribution in [2.75, 3.05) is 6.61 Å². The maximum absolute atomic E-state index is 13.9. The number of hydrogen-bond acceptors (Lipinski definition) is 4. The first kappa shape index (κ1) is 31.2. The third-order valence-electron chi connectivity index (χ3n) is 3.06. The predicted octanol–water partition coefficient (Wildman–Crippen LogP) is 5.81. The first-order chi connectivity index (χ1) is 14.1. The molecule has 0 amide bonds. The first-order valence-corrected chi connectivity index (χ1v) is 7.43. The Morgan fingerprint density at radius 2 is 1.03 bits per heavy atom. The monoisotopic (exact) mass is 538 g/mol. The van der Waals surface area contributed by atoms with Gasteiger partial charge in [-0.1, -0.05) is 6.92 Å². The van der Waals surface area contributed by atoms with Gasteiger partial charge in [0.05, 0.1) is 6.61 Å². The summed E-state index contributed by atoms with van der Waals surface area (Å²) in [5, 5.41) is 0. The minimum absolute atomic E-state index is 0.493. The average Bonchev–Trinajstić information content (AvgIpc) is 2.55. The Labute approximate surface area is 169 Å². The normalized spacial score (nSPS) is 18.5. The molecule has 2 atom stereocenters. The summed E-state index contributed by atoms with van der Waals surface area (Å²) >= 11 is 0. The minimum Gasteiger partial charge on any atom is -0.461 e. The molecule has 0 spiro atoms. The molecule has 0 aromatic heterocycles. The zero-order chi connectivity index (χ0) is 27.1. The van der Waals surface area contributed by atoms with Gasteiger partial charge in [-0.05, 0) is 6.42 Å². The van der Waals surface area contributed by atoms with E-state index in [1.54, 1.807) is 4.74 Å². The van der Waals surface area contributed by atoms with E-state index in [9.17, 15) is 79.4 Å². The fourth-order valence-electron chi connectivity index (χ4n) is 1.43. The second kappa shape index (κ2) is 8.77. The van der Waals surface area contributed by atoms with Crippen LogP contribution in [0.4, 0.5) is 74.6 Å². The second-order valence-electron chi connectivity index (χ2n) is 5.63. The predicted molar refractivity (Wildman–Crippen MR) is 64.1 cm³/mol. The number of rotatable bonds is 9. The second-order valence-corrected chi connectivity index (χ2v) is 5.63. The summed E-state index contributed by atoms with van der Waals surface area (Å²) < 4.78 is 225. The summed E-state index contributed by atoms with van der Waals surface area (Å²) in [6.07, 6.45) is -39.0. The van der Waals surface area contributed by atoms with E-state index in [2.05, 4.69) is 4.74 Å². The highest BCUT2D eigenvalue weighted by Crippen LogP contribution is 2.56. The molecule has 0 bridgehead atoms. The topological polar surface area (TPSA) is 44.8 Å². The molecule has 0 aromatic rings. The van der Waals surface area contributed by atoms with E-state index < -0.39 is 67.4 Å². The van der Waals surface area contributed by atoms with E-state index in [0.29, 0.717) is 0 Å². The van der Waals surface area contributed by atoms with Gasteiger partial charge >= 0.3 is 54.3 Å². The first-order valence-electron chi connectivity index (χ1n) is 7.43. The molecule has 0 heterocycles. The van der Waals surface area contributed by atoms with E-state index in [-0.39, 0.29) is 0 Å². The van der Waals surface area contributed by atoms with E-state index in [4.69, 9.17) is 0 Å². The third-order valence-corrected chi connectivity index (χ3v) is 3.06. The van der Waals surface area contributed by atoms with Gasteiger partial charge in [0.1, 0.15) is 0 Å². The van der Waals surface area contributed by atoms with Crippen LogP contribution in [0.2, 0.25) is 0 Å². The van der Waals surface area contributed by atoms with Crippen molar-refractivity contribution >= 4 is 5.97 Å². The lowest BCUT2D eigenvalue weighted by Gasteiger charge is -2.39. The van der Waals surface area contributed by atoms with Crippen molar-refractivity contribution in [2.24, 2.45) is 0 Å². The van der Waals surface area contributed by atoms with Crippen molar-refractivity contribution < 1.29 is 93.6 Å². The summed E-state index contributed by atoms with van der Waals surface area (Å²) in [5.74, 6) is -26.3. The fraction of sp³-hybridized carbons (Fsp3) is 0.917. The third kappa shape index (κ3) is 5.65. The molecule has 0 unspecified atom stereocenters. The van der Waals surface area contributed by atoms with Crippen LogP contribution in [0.25, 0.3) is 0 Å². The van der Waals surface area contributed by atoms with Gasteiger partial charge in [0.2, 0.25) is 0 Å². The molecule has 0 aliphatic heterocycles. The SMILES string of the molecule is CCCOC(=O)[C@@](F)(OC(F)(F)[C@@](F)(OC(F)(F)C(F)(F)C(F)(F)F)C(F)(F)F)C(F)(F)F. The highest BCUT2D eigenvalue weighted by Gasteiger charge is 2.85. The highest BCUT2D eigenvalue weighted by atomic mass is 19.4. The van der Waals surface area contributed by atoms with E-state index in [0.717, 1.165) is 6.92 Å². The van der Waals surface area contributed by atoms with Crippen LogP contribution in [-0.4, -0.2) is 61.0 Å². The number of esters is 1. The van der Waals surface area contributed by atoms with Gasteiger partial charge in [-0.3, -0.25) is 9.47 Å². The van der Waals surface area contributed by atoms with Crippen molar-refractivity contribution in [1.29, 1.82) is 0 Å². The Bertz CT molecular complexity index is 696. The van der Waals surface area contributed by atoms with Crippen LogP contribution in [-0.2, 0) is 19.0 Å².